The predicted molar refractivity (Wildman–Crippen MR) is 53.3 cm³/mol. The summed E-state index contributed by atoms with van der Waals surface area (Å²) in [6, 6.07) is 2.07. The third-order valence-electron chi connectivity index (χ3n) is 1.53. The molecule has 0 unspecified atom stereocenters. The first-order valence-corrected chi connectivity index (χ1v) is 5.39. The van der Waals surface area contributed by atoms with Crippen molar-refractivity contribution in [1.82, 2.24) is 4.98 Å². The predicted octanol–water partition coefficient (Wildman–Crippen LogP) is 2.33. The van der Waals surface area contributed by atoms with Gasteiger partial charge in [0.25, 0.3) is 0 Å². The molecule has 0 fully saturated rings. The SMILES string of the molecule is NCc1csc(-c2ccsc2)n1. The lowest BCUT2D eigenvalue weighted by Crippen LogP contribution is -1.95. The van der Waals surface area contributed by atoms with Gasteiger partial charge in [-0.3, -0.25) is 0 Å². The van der Waals surface area contributed by atoms with Gasteiger partial charge in [-0.2, -0.15) is 11.3 Å². The second-order valence-corrected chi connectivity index (χ2v) is 4.00. The zero-order valence-electron chi connectivity index (χ0n) is 6.36. The number of nitrogens with zero attached hydrogens (tertiary/aromatic N) is 1. The number of aromatic nitrogens is 1. The van der Waals surface area contributed by atoms with E-state index < -0.39 is 0 Å². The van der Waals surface area contributed by atoms with Crippen LogP contribution in [0, 0.1) is 0 Å². The molecule has 0 aromatic carbocycles. The van der Waals surface area contributed by atoms with Gasteiger partial charge in [0.15, 0.2) is 0 Å². The van der Waals surface area contributed by atoms with E-state index in [0.717, 1.165) is 10.7 Å². The van der Waals surface area contributed by atoms with Crippen molar-refractivity contribution in [2.24, 2.45) is 5.73 Å². The Bertz CT molecular complexity index is 351. The molecule has 0 aliphatic rings. The highest BCUT2D eigenvalue weighted by molar-refractivity contribution is 7.14. The lowest BCUT2D eigenvalue weighted by Gasteiger charge is -1.86. The fraction of sp³-hybridized carbons (Fsp3) is 0.125. The van der Waals surface area contributed by atoms with Gasteiger partial charge < -0.3 is 5.73 Å². The molecule has 0 radical (unpaired) electrons. The van der Waals surface area contributed by atoms with E-state index >= 15 is 0 Å². The molecule has 12 heavy (non-hydrogen) atoms. The highest BCUT2D eigenvalue weighted by atomic mass is 32.1. The van der Waals surface area contributed by atoms with Crippen molar-refractivity contribution >= 4 is 22.7 Å². The van der Waals surface area contributed by atoms with Gasteiger partial charge >= 0.3 is 0 Å². The molecular formula is C8H8N2S2. The van der Waals surface area contributed by atoms with Crippen LogP contribution in [0.15, 0.2) is 22.2 Å². The molecule has 0 atom stereocenters. The summed E-state index contributed by atoms with van der Waals surface area (Å²) in [6.07, 6.45) is 0. The van der Waals surface area contributed by atoms with Gasteiger partial charge in [0, 0.05) is 22.9 Å². The Morgan fingerprint density at radius 2 is 2.33 bits per heavy atom. The van der Waals surface area contributed by atoms with Gasteiger partial charge in [0.2, 0.25) is 0 Å². The van der Waals surface area contributed by atoms with Crippen LogP contribution in [0.3, 0.4) is 0 Å². The average Bonchev–Trinajstić information content (AvgIpc) is 2.75. The molecule has 2 nitrogen and oxygen atoms in total. The third-order valence-corrected chi connectivity index (χ3v) is 3.15. The highest BCUT2D eigenvalue weighted by Crippen LogP contribution is 2.25. The van der Waals surface area contributed by atoms with Crippen molar-refractivity contribution < 1.29 is 0 Å². The van der Waals surface area contributed by atoms with Gasteiger partial charge in [-0.25, -0.2) is 4.98 Å². The molecule has 0 spiro atoms. The number of nitrogens with two attached hydrogens (primary N) is 1. The zero-order valence-corrected chi connectivity index (χ0v) is 7.99. The Hall–Kier alpha value is -0.710. The van der Waals surface area contributed by atoms with E-state index in [9.17, 15) is 0 Å². The van der Waals surface area contributed by atoms with Crippen LogP contribution in [0.1, 0.15) is 5.69 Å². The molecule has 0 saturated heterocycles. The maximum absolute atomic E-state index is 5.46. The first-order chi connectivity index (χ1) is 5.90. The number of rotatable bonds is 2. The van der Waals surface area contributed by atoms with Crippen LogP contribution in [0.5, 0.6) is 0 Å². The molecule has 0 saturated carbocycles. The first-order valence-electron chi connectivity index (χ1n) is 3.57. The molecular weight excluding hydrogens is 188 g/mol. The van der Waals surface area contributed by atoms with Crippen LogP contribution >= 0.6 is 22.7 Å². The van der Waals surface area contributed by atoms with E-state index in [2.05, 4.69) is 21.8 Å². The van der Waals surface area contributed by atoms with Gasteiger partial charge in [-0.1, -0.05) is 0 Å². The minimum Gasteiger partial charge on any atom is -0.325 e. The van der Waals surface area contributed by atoms with Crippen molar-refractivity contribution in [3.05, 3.63) is 27.9 Å². The smallest absolute Gasteiger partial charge is 0.124 e. The standard InChI is InChI=1S/C8H8N2S2/c9-3-7-5-12-8(10-7)6-1-2-11-4-6/h1-2,4-5H,3,9H2. The van der Waals surface area contributed by atoms with Gasteiger partial charge in [0.05, 0.1) is 5.69 Å². The van der Waals surface area contributed by atoms with Crippen LogP contribution in [0.2, 0.25) is 0 Å². The molecule has 0 aliphatic heterocycles. The van der Waals surface area contributed by atoms with Crippen LogP contribution in [-0.2, 0) is 6.54 Å². The molecule has 62 valence electrons. The molecule has 2 N–H and O–H groups in total. The Labute approximate surface area is 78.7 Å². The minimum absolute atomic E-state index is 0.528. The van der Waals surface area contributed by atoms with E-state index in [1.54, 1.807) is 22.7 Å². The summed E-state index contributed by atoms with van der Waals surface area (Å²) in [6.45, 7) is 0.528. The molecule has 2 heterocycles. The molecule has 4 heteroatoms. The fourth-order valence-electron chi connectivity index (χ4n) is 0.919. The van der Waals surface area contributed by atoms with Crippen LogP contribution < -0.4 is 5.73 Å². The summed E-state index contributed by atoms with van der Waals surface area (Å²) in [7, 11) is 0. The third kappa shape index (κ3) is 1.41. The second-order valence-electron chi connectivity index (χ2n) is 2.36. The Balaban J connectivity index is 2.35. The summed E-state index contributed by atoms with van der Waals surface area (Å²) in [4.78, 5) is 4.37. The maximum atomic E-state index is 5.46. The van der Waals surface area contributed by atoms with E-state index in [1.165, 1.54) is 5.56 Å². The van der Waals surface area contributed by atoms with Gasteiger partial charge in [-0.15, -0.1) is 11.3 Å². The normalized spacial score (nSPS) is 10.4. The number of hydrogen-bond acceptors (Lipinski definition) is 4. The molecule has 2 aromatic rings. The average molecular weight is 196 g/mol. The Morgan fingerprint density at radius 1 is 1.42 bits per heavy atom. The van der Waals surface area contributed by atoms with E-state index in [4.69, 9.17) is 5.73 Å². The summed E-state index contributed by atoms with van der Waals surface area (Å²) in [5.41, 5.74) is 7.64. The topological polar surface area (TPSA) is 38.9 Å². The molecule has 2 rings (SSSR count). The summed E-state index contributed by atoms with van der Waals surface area (Å²) < 4.78 is 0. The minimum atomic E-state index is 0.528. The highest BCUT2D eigenvalue weighted by Gasteiger charge is 2.02. The summed E-state index contributed by atoms with van der Waals surface area (Å²) in [5, 5.41) is 7.22. The Morgan fingerprint density at radius 3 is 2.92 bits per heavy atom. The second kappa shape index (κ2) is 3.35. The van der Waals surface area contributed by atoms with E-state index in [0.29, 0.717) is 6.54 Å². The van der Waals surface area contributed by atoms with Crippen molar-refractivity contribution in [3.8, 4) is 10.6 Å². The van der Waals surface area contributed by atoms with Crippen LogP contribution in [0.4, 0.5) is 0 Å². The largest absolute Gasteiger partial charge is 0.325 e. The molecule has 2 aromatic heterocycles. The zero-order chi connectivity index (χ0) is 8.39. The number of thiophene rings is 1. The lowest BCUT2D eigenvalue weighted by molar-refractivity contribution is 1.01. The lowest BCUT2D eigenvalue weighted by atomic mass is 10.4. The van der Waals surface area contributed by atoms with Crippen LogP contribution in [-0.4, -0.2) is 4.98 Å². The van der Waals surface area contributed by atoms with E-state index in [1.807, 2.05) is 5.38 Å². The number of hydrogen-bond donors (Lipinski definition) is 1. The van der Waals surface area contributed by atoms with Crippen molar-refractivity contribution in [3.63, 3.8) is 0 Å². The summed E-state index contributed by atoms with van der Waals surface area (Å²) in [5.74, 6) is 0. The van der Waals surface area contributed by atoms with Crippen molar-refractivity contribution in [1.29, 1.82) is 0 Å². The van der Waals surface area contributed by atoms with Crippen molar-refractivity contribution in [2.75, 3.05) is 0 Å². The Kier molecular flexibility index (Phi) is 2.21. The maximum Gasteiger partial charge on any atom is 0.124 e. The first kappa shape index (κ1) is 7.91. The fourth-order valence-corrected chi connectivity index (χ4v) is 2.46. The van der Waals surface area contributed by atoms with Crippen LogP contribution in [0.25, 0.3) is 10.6 Å². The van der Waals surface area contributed by atoms with Gasteiger partial charge in [0.1, 0.15) is 5.01 Å². The quantitative estimate of drug-likeness (QED) is 0.800. The molecule has 0 bridgehead atoms. The molecule has 0 aliphatic carbocycles. The van der Waals surface area contributed by atoms with E-state index in [-0.39, 0.29) is 0 Å². The number of thiazole rings is 1. The summed E-state index contributed by atoms with van der Waals surface area (Å²) >= 11 is 3.33. The van der Waals surface area contributed by atoms with Crippen molar-refractivity contribution in [2.45, 2.75) is 6.54 Å². The molecule has 0 amide bonds. The van der Waals surface area contributed by atoms with Gasteiger partial charge in [-0.05, 0) is 11.4 Å². The monoisotopic (exact) mass is 196 g/mol.